The van der Waals surface area contributed by atoms with Crippen LogP contribution in [0.5, 0.6) is 0 Å². The number of halogens is 1. The van der Waals surface area contributed by atoms with E-state index in [1.165, 1.54) is 18.2 Å². The summed E-state index contributed by atoms with van der Waals surface area (Å²) in [4.78, 5) is -0.380. The van der Waals surface area contributed by atoms with E-state index in [0.29, 0.717) is 0 Å². The maximum atomic E-state index is 13.8. The zero-order chi connectivity index (χ0) is 15.3. The molecular formula is C15H16FNO3S. The van der Waals surface area contributed by atoms with Gasteiger partial charge in [-0.25, -0.2) is 12.8 Å². The van der Waals surface area contributed by atoms with Gasteiger partial charge >= 0.3 is 0 Å². The molecule has 0 amide bonds. The van der Waals surface area contributed by atoms with Crippen molar-refractivity contribution in [2.75, 3.05) is 13.2 Å². The van der Waals surface area contributed by atoms with Gasteiger partial charge in [-0.15, -0.1) is 0 Å². The predicted octanol–water partition coefficient (Wildman–Crippen LogP) is 2.01. The molecule has 0 aromatic heterocycles. The Morgan fingerprint density at radius 2 is 1.62 bits per heavy atom. The first kappa shape index (κ1) is 15.6. The molecule has 0 heterocycles. The summed E-state index contributed by atoms with van der Waals surface area (Å²) in [7, 11) is -3.99. The Kier molecular flexibility index (Phi) is 5.06. The molecule has 2 aromatic rings. The lowest BCUT2D eigenvalue weighted by Gasteiger charge is -2.21. The number of benzene rings is 2. The summed E-state index contributed by atoms with van der Waals surface area (Å²) in [6, 6.07) is 14.2. The maximum Gasteiger partial charge on any atom is 0.246 e. The maximum absolute atomic E-state index is 13.8. The molecule has 4 nitrogen and oxygen atoms in total. The Balaban J connectivity index is 2.35. The van der Waals surface area contributed by atoms with Crippen molar-refractivity contribution in [2.24, 2.45) is 0 Å². The molecule has 0 aliphatic carbocycles. The molecule has 112 valence electrons. The summed E-state index contributed by atoms with van der Waals surface area (Å²) < 4.78 is 39.9. The van der Waals surface area contributed by atoms with Crippen LogP contribution in [0.1, 0.15) is 5.56 Å². The third kappa shape index (κ3) is 3.66. The SMILES string of the molecule is O=S(=O)(c1ccccc1F)N(CCO)Cc1ccccc1. The standard InChI is InChI=1S/C15H16FNO3S/c16-14-8-4-5-9-15(14)21(19,20)17(10-11-18)12-13-6-2-1-3-7-13/h1-9,18H,10-12H2. The van der Waals surface area contributed by atoms with E-state index < -0.39 is 15.8 Å². The van der Waals surface area contributed by atoms with E-state index in [0.717, 1.165) is 15.9 Å². The van der Waals surface area contributed by atoms with Gasteiger partial charge in [-0.1, -0.05) is 42.5 Å². The fourth-order valence-electron chi connectivity index (χ4n) is 1.98. The van der Waals surface area contributed by atoms with Crippen LogP contribution in [0.25, 0.3) is 0 Å². The van der Waals surface area contributed by atoms with Gasteiger partial charge in [-0.2, -0.15) is 4.31 Å². The Morgan fingerprint density at radius 1 is 1.00 bits per heavy atom. The van der Waals surface area contributed by atoms with Crippen LogP contribution in [0.15, 0.2) is 59.5 Å². The van der Waals surface area contributed by atoms with Gasteiger partial charge in [-0.3, -0.25) is 0 Å². The van der Waals surface area contributed by atoms with Crippen molar-refractivity contribution in [1.29, 1.82) is 0 Å². The molecule has 0 radical (unpaired) electrons. The number of sulfonamides is 1. The quantitative estimate of drug-likeness (QED) is 0.888. The second kappa shape index (κ2) is 6.80. The summed E-state index contributed by atoms with van der Waals surface area (Å²) in [5.74, 6) is -0.798. The minimum atomic E-state index is -3.99. The first-order chi connectivity index (χ1) is 10.1. The molecule has 0 unspecified atom stereocenters. The molecule has 2 aromatic carbocycles. The zero-order valence-corrected chi connectivity index (χ0v) is 12.1. The second-order valence-electron chi connectivity index (χ2n) is 4.48. The molecule has 0 aliphatic heterocycles. The molecule has 0 fully saturated rings. The van der Waals surface area contributed by atoms with E-state index in [1.54, 1.807) is 24.3 Å². The van der Waals surface area contributed by atoms with E-state index in [1.807, 2.05) is 6.07 Å². The van der Waals surface area contributed by atoms with Crippen LogP contribution < -0.4 is 0 Å². The topological polar surface area (TPSA) is 57.6 Å². The number of aliphatic hydroxyl groups excluding tert-OH is 1. The summed E-state index contributed by atoms with van der Waals surface area (Å²) >= 11 is 0. The smallest absolute Gasteiger partial charge is 0.246 e. The van der Waals surface area contributed by atoms with Gasteiger partial charge in [0.05, 0.1) is 6.61 Å². The fraction of sp³-hybridized carbons (Fsp3) is 0.200. The van der Waals surface area contributed by atoms with Crippen LogP contribution >= 0.6 is 0 Å². The highest BCUT2D eigenvalue weighted by Gasteiger charge is 2.26. The molecule has 0 spiro atoms. The van der Waals surface area contributed by atoms with Gasteiger partial charge in [0.25, 0.3) is 0 Å². The fourth-order valence-corrected chi connectivity index (χ4v) is 3.46. The third-order valence-corrected chi connectivity index (χ3v) is 4.88. The Morgan fingerprint density at radius 3 is 2.24 bits per heavy atom. The minimum Gasteiger partial charge on any atom is -0.395 e. The monoisotopic (exact) mass is 309 g/mol. The lowest BCUT2D eigenvalue weighted by atomic mass is 10.2. The molecule has 0 saturated heterocycles. The van der Waals surface area contributed by atoms with Gasteiger partial charge in [-0.05, 0) is 17.7 Å². The van der Waals surface area contributed by atoms with Crippen LogP contribution in [0.4, 0.5) is 4.39 Å². The largest absolute Gasteiger partial charge is 0.395 e. The lowest BCUT2D eigenvalue weighted by Crippen LogP contribution is -2.33. The van der Waals surface area contributed by atoms with Gasteiger partial charge in [0, 0.05) is 13.1 Å². The van der Waals surface area contributed by atoms with Crippen LogP contribution in [-0.4, -0.2) is 31.0 Å². The first-order valence-electron chi connectivity index (χ1n) is 6.45. The van der Waals surface area contributed by atoms with E-state index >= 15 is 0 Å². The zero-order valence-electron chi connectivity index (χ0n) is 11.3. The van der Waals surface area contributed by atoms with Crippen LogP contribution in [0, 0.1) is 5.82 Å². The van der Waals surface area contributed by atoms with Gasteiger partial charge in [0.1, 0.15) is 10.7 Å². The molecule has 0 saturated carbocycles. The van der Waals surface area contributed by atoms with Crippen molar-refractivity contribution in [1.82, 2.24) is 4.31 Å². The van der Waals surface area contributed by atoms with Gasteiger partial charge in [0.2, 0.25) is 10.0 Å². The number of aliphatic hydroxyl groups is 1. The molecular weight excluding hydrogens is 293 g/mol. The average Bonchev–Trinajstić information content (AvgIpc) is 2.48. The highest BCUT2D eigenvalue weighted by Crippen LogP contribution is 2.20. The van der Waals surface area contributed by atoms with Crippen molar-refractivity contribution in [3.8, 4) is 0 Å². The Hall–Kier alpha value is -1.76. The molecule has 0 aliphatic rings. The van der Waals surface area contributed by atoms with Crippen LogP contribution in [0.2, 0.25) is 0 Å². The van der Waals surface area contributed by atoms with E-state index in [4.69, 9.17) is 5.11 Å². The molecule has 2 rings (SSSR count). The summed E-state index contributed by atoms with van der Waals surface area (Å²) in [6.45, 7) is -0.343. The summed E-state index contributed by atoms with van der Waals surface area (Å²) in [6.07, 6.45) is 0. The summed E-state index contributed by atoms with van der Waals surface area (Å²) in [5.41, 5.74) is 0.769. The minimum absolute atomic E-state index is 0.0814. The lowest BCUT2D eigenvalue weighted by molar-refractivity contribution is 0.250. The van der Waals surface area contributed by atoms with Crippen LogP contribution in [-0.2, 0) is 16.6 Å². The highest BCUT2D eigenvalue weighted by molar-refractivity contribution is 7.89. The Bertz CT molecular complexity index is 689. The van der Waals surface area contributed by atoms with Crippen molar-refractivity contribution >= 4 is 10.0 Å². The highest BCUT2D eigenvalue weighted by atomic mass is 32.2. The number of hydrogen-bond donors (Lipinski definition) is 1. The molecule has 0 bridgehead atoms. The van der Waals surface area contributed by atoms with Gasteiger partial charge in [0.15, 0.2) is 0 Å². The Labute approximate surface area is 123 Å². The average molecular weight is 309 g/mol. The number of nitrogens with zero attached hydrogens (tertiary/aromatic N) is 1. The van der Waals surface area contributed by atoms with Crippen molar-refractivity contribution < 1.29 is 17.9 Å². The molecule has 0 atom stereocenters. The number of rotatable bonds is 6. The van der Waals surface area contributed by atoms with Gasteiger partial charge < -0.3 is 5.11 Å². The number of hydrogen-bond acceptors (Lipinski definition) is 3. The van der Waals surface area contributed by atoms with E-state index in [-0.39, 0.29) is 24.6 Å². The summed E-state index contributed by atoms with van der Waals surface area (Å²) in [5, 5.41) is 9.09. The van der Waals surface area contributed by atoms with Crippen molar-refractivity contribution in [3.05, 3.63) is 66.0 Å². The first-order valence-corrected chi connectivity index (χ1v) is 7.89. The van der Waals surface area contributed by atoms with Crippen molar-refractivity contribution in [3.63, 3.8) is 0 Å². The second-order valence-corrected chi connectivity index (χ2v) is 6.38. The predicted molar refractivity (Wildman–Crippen MR) is 77.5 cm³/mol. The molecule has 21 heavy (non-hydrogen) atoms. The van der Waals surface area contributed by atoms with Crippen molar-refractivity contribution in [2.45, 2.75) is 11.4 Å². The third-order valence-electron chi connectivity index (χ3n) is 3.01. The normalized spacial score (nSPS) is 11.8. The van der Waals surface area contributed by atoms with E-state index in [2.05, 4.69) is 0 Å². The van der Waals surface area contributed by atoms with E-state index in [9.17, 15) is 12.8 Å². The van der Waals surface area contributed by atoms with Crippen LogP contribution in [0.3, 0.4) is 0 Å². The molecule has 1 N–H and O–H groups in total. The molecule has 6 heteroatoms.